The number of nitrogens with one attached hydrogen (secondary N) is 1. The fraction of sp³-hybridized carbons (Fsp3) is 0.240. The Labute approximate surface area is 200 Å². The number of amides is 1. The first-order chi connectivity index (χ1) is 15.8. The largest absolute Gasteiger partial charge is 0.489 e. The molecule has 8 heteroatoms. The van der Waals surface area contributed by atoms with Gasteiger partial charge in [-0.25, -0.2) is 0 Å². The Kier molecular flexibility index (Phi) is 6.65. The summed E-state index contributed by atoms with van der Waals surface area (Å²) in [6.07, 6.45) is 0. The van der Waals surface area contributed by atoms with Gasteiger partial charge in [-0.15, -0.1) is 0 Å². The molecular formula is C25H25BrN4O3. The zero-order chi connectivity index (χ0) is 23.5. The van der Waals surface area contributed by atoms with Gasteiger partial charge in [-0.2, -0.15) is 5.10 Å². The predicted octanol–water partition coefficient (Wildman–Crippen LogP) is 5.75. The number of aryl methyl sites for hydroxylation is 3. The lowest BCUT2D eigenvalue weighted by Crippen LogP contribution is -2.16. The molecule has 2 aromatic carbocycles. The normalized spacial score (nSPS) is 10.9. The number of nitrogens with zero attached hydrogens (tertiary/aromatic N) is 3. The van der Waals surface area contributed by atoms with Crippen molar-refractivity contribution in [3.05, 3.63) is 92.5 Å². The van der Waals surface area contributed by atoms with Crippen molar-refractivity contribution in [1.82, 2.24) is 14.9 Å². The number of halogens is 1. The standard InChI is InChI=1S/C25H25BrN4O3/c1-15-5-11-21(12-6-15)32-14-22-18(4)33-29-24(22)25(31)27-23-16(2)28-30(17(23)3)13-19-7-9-20(26)10-8-19/h5-12H,13-14H2,1-4H3,(H,27,31). The number of carbonyl (C=O) groups excluding carboxylic acids is 1. The Morgan fingerprint density at radius 2 is 1.76 bits per heavy atom. The van der Waals surface area contributed by atoms with Crippen molar-refractivity contribution in [1.29, 1.82) is 0 Å². The third-order valence-corrected chi connectivity index (χ3v) is 6.00. The van der Waals surface area contributed by atoms with E-state index in [0.717, 1.165) is 27.0 Å². The highest BCUT2D eigenvalue weighted by Crippen LogP contribution is 2.24. The van der Waals surface area contributed by atoms with Crippen LogP contribution >= 0.6 is 15.9 Å². The van der Waals surface area contributed by atoms with Crippen LogP contribution in [0.4, 0.5) is 5.69 Å². The zero-order valence-corrected chi connectivity index (χ0v) is 20.6. The van der Waals surface area contributed by atoms with Crippen LogP contribution in [0.1, 0.15) is 44.3 Å². The Morgan fingerprint density at radius 3 is 2.45 bits per heavy atom. The molecule has 1 N–H and O–H groups in total. The number of carbonyl (C=O) groups is 1. The first-order valence-corrected chi connectivity index (χ1v) is 11.4. The summed E-state index contributed by atoms with van der Waals surface area (Å²) in [5.41, 5.74) is 5.35. The van der Waals surface area contributed by atoms with E-state index in [9.17, 15) is 4.79 Å². The maximum atomic E-state index is 13.1. The molecule has 0 atom stereocenters. The third kappa shape index (κ3) is 5.17. The quantitative estimate of drug-likeness (QED) is 0.343. The van der Waals surface area contributed by atoms with E-state index in [1.165, 1.54) is 0 Å². The minimum atomic E-state index is -0.358. The van der Waals surface area contributed by atoms with Crippen molar-refractivity contribution in [2.45, 2.75) is 40.8 Å². The van der Waals surface area contributed by atoms with E-state index in [0.29, 0.717) is 29.3 Å². The van der Waals surface area contributed by atoms with Crippen LogP contribution in [0.2, 0.25) is 0 Å². The molecule has 0 unspecified atom stereocenters. The molecule has 0 fully saturated rings. The fourth-order valence-corrected chi connectivity index (χ4v) is 3.76. The van der Waals surface area contributed by atoms with Crippen LogP contribution in [0.15, 0.2) is 57.5 Å². The van der Waals surface area contributed by atoms with Crippen LogP contribution in [0.5, 0.6) is 5.75 Å². The van der Waals surface area contributed by atoms with E-state index >= 15 is 0 Å². The summed E-state index contributed by atoms with van der Waals surface area (Å²) in [4.78, 5) is 13.1. The Balaban J connectivity index is 1.50. The van der Waals surface area contributed by atoms with E-state index in [2.05, 4.69) is 31.5 Å². The molecule has 0 spiro atoms. The van der Waals surface area contributed by atoms with E-state index in [4.69, 9.17) is 9.26 Å². The van der Waals surface area contributed by atoms with Gasteiger partial charge in [-0.05, 0) is 57.5 Å². The Hall–Kier alpha value is -3.39. The van der Waals surface area contributed by atoms with Crippen molar-refractivity contribution in [3.63, 3.8) is 0 Å². The maximum absolute atomic E-state index is 13.1. The van der Waals surface area contributed by atoms with Gasteiger partial charge < -0.3 is 14.6 Å². The second kappa shape index (κ2) is 9.62. The second-order valence-electron chi connectivity index (χ2n) is 7.95. The summed E-state index contributed by atoms with van der Waals surface area (Å²) in [5.74, 6) is 0.906. The van der Waals surface area contributed by atoms with Crippen LogP contribution in [-0.2, 0) is 13.2 Å². The van der Waals surface area contributed by atoms with Gasteiger partial charge in [0.25, 0.3) is 5.91 Å². The fourth-order valence-electron chi connectivity index (χ4n) is 3.50. The van der Waals surface area contributed by atoms with Crippen molar-refractivity contribution < 1.29 is 14.1 Å². The molecule has 2 heterocycles. The van der Waals surface area contributed by atoms with E-state index in [1.54, 1.807) is 6.92 Å². The average molecular weight is 509 g/mol. The highest BCUT2D eigenvalue weighted by atomic mass is 79.9. The van der Waals surface area contributed by atoms with Gasteiger partial charge in [0.15, 0.2) is 5.69 Å². The number of hydrogen-bond acceptors (Lipinski definition) is 5. The van der Waals surface area contributed by atoms with Crippen LogP contribution in [0.3, 0.4) is 0 Å². The lowest BCUT2D eigenvalue weighted by molar-refractivity contribution is 0.101. The molecule has 170 valence electrons. The third-order valence-electron chi connectivity index (χ3n) is 5.47. The molecule has 0 saturated heterocycles. The molecule has 33 heavy (non-hydrogen) atoms. The SMILES string of the molecule is Cc1ccc(OCc2c(C(=O)Nc3c(C)nn(Cc4ccc(Br)cc4)c3C)noc2C)cc1. The summed E-state index contributed by atoms with van der Waals surface area (Å²) in [6.45, 7) is 8.38. The molecule has 0 radical (unpaired) electrons. The van der Waals surface area contributed by atoms with Gasteiger partial charge >= 0.3 is 0 Å². The van der Waals surface area contributed by atoms with E-state index in [-0.39, 0.29) is 18.2 Å². The summed E-state index contributed by atoms with van der Waals surface area (Å²) < 4.78 is 14.1. The zero-order valence-electron chi connectivity index (χ0n) is 19.0. The molecule has 0 saturated carbocycles. The Bertz CT molecular complexity index is 1270. The first kappa shape index (κ1) is 22.8. The monoisotopic (exact) mass is 508 g/mol. The van der Waals surface area contributed by atoms with Crippen molar-refractivity contribution in [2.24, 2.45) is 0 Å². The molecule has 4 aromatic rings. The lowest BCUT2D eigenvalue weighted by Gasteiger charge is -2.09. The number of ether oxygens (including phenoxy) is 1. The molecule has 7 nitrogen and oxygen atoms in total. The minimum absolute atomic E-state index is 0.182. The summed E-state index contributed by atoms with van der Waals surface area (Å²) in [7, 11) is 0. The molecule has 4 rings (SSSR count). The topological polar surface area (TPSA) is 82.2 Å². The predicted molar refractivity (Wildman–Crippen MR) is 130 cm³/mol. The van der Waals surface area contributed by atoms with E-state index in [1.807, 2.05) is 74.0 Å². The molecule has 2 aromatic heterocycles. The smallest absolute Gasteiger partial charge is 0.278 e. The second-order valence-corrected chi connectivity index (χ2v) is 8.87. The molecule has 1 amide bonds. The highest BCUT2D eigenvalue weighted by molar-refractivity contribution is 9.10. The summed E-state index contributed by atoms with van der Waals surface area (Å²) in [5, 5.41) is 11.6. The van der Waals surface area contributed by atoms with Crippen molar-refractivity contribution in [2.75, 3.05) is 5.32 Å². The van der Waals surface area contributed by atoms with Crippen molar-refractivity contribution in [3.8, 4) is 5.75 Å². The van der Waals surface area contributed by atoms with Crippen LogP contribution in [-0.4, -0.2) is 20.8 Å². The number of benzene rings is 2. The average Bonchev–Trinajstić information content (AvgIpc) is 3.29. The lowest BCUT2D eigenvalue weighted by atomic mass is 10.2. The number of aromatic nitrogens is 3. The van der Waals surface area contributed by atoms with Gasteiger partial charge in [-0.1, -0.05) is 50.9 Å². The molecule has 0 aliphatic heterocycles. The number of rotatable bonds is 7. The van der Waals surface area contributed by atoms with Gasteiger partial charge in [0.05, 0.1) is 29.2 Å². The van der Waals surface area contributed by atoms with Gasteiger partial charge in [0, 0.05) is 4.47 Å². The number of hydrogen-bond donors (Lipinski definition) is 1. The molecular weight excluding hydrogens is 484 g/mol. The minimum Gasteiger partial charge on any atom is -0.489 e. The number of anilines is 1. The summed E-state index contributed by atoms with van der Waals surface area (Å²) in [6, 6.07) is 15.8. The maximum Gasteiger partial charge on any atom is 0.278 e. The molecule has 0 aliphatic rings. The Morgan fingerprint density at radius 1 is 1.06 bits per heavy atom. The van der Waals surface area contributed by atoms with Crippen LogP contribution < -0.4 is 10.1 Å². The molecule has 0 aliphatic carbocycles. The first-order valence-electron chi connectivity index (χ1n) is 10.6. The van der Waals surface area contributed by atoms with Gasteiger partial charge in [-0.3, -0.25) is 9.48 Å². The highest BCUT2D eigenvalue weighted by Gasteiger charge is 2.23. The van der Waals surface area contributed by atoms with Gasteiger partial charge in [0.1, 0.15) is 18.1 Å². The van der Waals surface area contributed by atoms with Gasteiger partial charge in [0.2, 0.25) is 0 Å². The van der Waals surface area contributed by atoms with Crippen molar-refractivity contribution >= 4 is 27.5 Å². The molecule has 0 bridgehead atoms. The van der Waals surface area contributed by atoms with Crippen LogP contribution in [0, 0.1) is 27.7 Å². The summed E-state index contributed by atoms with van der Waals surface area (Å²) >= 11 is 3.45. The van der Waals surface area contributed by atoms with E-state index < -0.39 is 0 Å². The van der Waals surface area contributed by atoms with Crippen LogP contribution in [0.25, 0.3) is 0 Å².